The van der Waals surface area contributed by atoms with E-state index in [2.05, 4.69) is 55.3 Å². The summed E-state index contributed by atoms with van der Waals surface area (Å²) in [6.45, 7) is 9.25. The molecule has 1 aromatic rings. The van der Waals surface area contributed by atoms with E-state index >= 15 is 0 Å². The molecule has 2 aliphatic rings. The lowest BCUT2D eigenvalue weighted by atomic mass is 9.84. The van der Waals surface area contributed by atoms with Gasteiger partial charge in [-0.1, -0.05) is 24.3 Å². The van der Waals surface area contributed by atoms with Crippen LogP contribution >= 0.6 is 0 Å². The molecule has 1 aliphatic heterocycles. The topological polar surface area (TPSA) is 15.3 Å². The summed E-state index contributed by atoms with van der Waals surface area (Å²) in [5, 5.41) is 3.66. The fraction of sp³-hybridized carbons (Fsp3) is 0.647. The van der Waals surface area contributed by atoms with Crippen LogP contribution in [-0.2, 0) is 6.42 Å². The van der Waals surface area contributed by atoms with Crippen LogP contribution in [0.2, 0.25) is 0 Å². The maximum atomic E-state index is 3.66. The second-order valence-electron chi connectivity index (χ2n) is 6.89. The van der Waals surface area contributed by atoms with Gasteiger partial charge in [0.05, 0.1) is 0 Å². The molecular weight excluding hydrogens is 232 g/mol. The second-order valence-corrected chi connectivity index (χ2v) is 6.89. The SMILES string of the molecule is CC1CNC(C)(C)CN1C1CCCc2ccccc21. The summed E-state index contributed by atoms with van der Waals surface area (Å²) in [7, 11) is 0. The van der Waals surface area contributed by atoms with Crippen LogP contribution in [0.5, 0.6) is 0 Å². The van der Waals surface area contributed by atoms with Crippen LogP contribution in [0.15, 0.2) is 24.3 Å². The van der Waals surface area contributed by atoms with Crippen molar-refractivity contribution in [2.75, 3.05) is 13.1 Å². The second kappa shape index (κ2) is 4.92. The molecule has 0 radical (unpaired) electrons. The van der Waals surface area contributed by atoms with E-state index in [0.717, 1.165) is 13.1 Å². The molecule has 104 valence electrons. The molecular formula is C17H26N2. The first-order valence-corrected chi connectivity index (χ1v) is 7.65. The van der Waals surface area contributed by atoms with Gasteiger partial charge in [-0.25, -0.2) is 0 Å². The lowest BCUT2D eigenvalue weighted by molar-refractivity contribution is 0.0542. The van der Waals surface area contributed by atoms with E-state index < -0.39 is 0 Å². The molecule has 0 amide bonds. The van der Waals surface area contributed by atoms with Crippen molar-refractivity contribution in [1.29, 1.82) is 0 Å². The maximum absolute atomic E-state index is 3.66. The highest BCUT2D eigenvalue weighted by molar-refractivity contribution is 5.32. The van der Waals surface area contributed by atoms with Gasteiger partial charge in [-0.3, -0.25) is 4.90 Å². The number of piperazine rings is 1. The molecule has 2 nitrogen and oxygen atoms in total. The lowest BCUT2D eigenvalue weighted by Crippen LogP contribution is -2.61. The highest BCUT2D eigenvalue weighted by Crippen LogP contribution is 2.36. The molecule has 1 aromatic carbocycles. The third kappa shape index (κ3) is 2.56. The van der Waals surface area contributed by atoms with Crippen LogP contribution in [0.4, 0.5) is 0 Å². The number of fused-ring (bicyclic) bond motifs is 1. The zero-order valence-corrected chi connectivity index (χ0v) is 12.4. The van der Waals surface area contributed by atoms with Gasteiger partial charge >= 0.3 is 0 Å². The molecule has 2 unspecified atom stereocenters. The van der Waals surface area contributed by atoms with Gasteiger partial charge in [0.2, 0.25) is 0 Å². The van der Waals surface area contributed by atoms with Gasteiger partial charge in [-0.2, -0.15) is 0 Å². The Balaban J connectivity index is 1.90. The summed E-state index contributed by atoms with van der Waals surface area (Å²) < 4.78 is 0. The van der Waals surface area contributed by atoms with Crippen LogP contribution in [0.25, 0.3) is 0 Å². The Morgan fingerprint density at radius 2 is 2.05 bits per heavy atom. The summed E-state index contributed by atoms with van der Waals surface area (Å²) in [4.78, 5) is 2.73. The third-order valence-electron chi connectivity index (χ3n) is 4.76. The van der Waals surface area contributed by atoms with Gasteiger partial charge in [0.15, 0.2) is 0 Å². The number of nitrogens with zero attached hydrogens (tertiary/aromatic N) is 1. The Labute approximate surface area is 117 Å². The van der Waals surface area contributed by atoms with Crippen molar-refractivity contribution in [3.63, 3.8) is 0 Å². The molecule has 0 bridgehead atoms. The summed E-state index contributed by atoms with van der Waals surface area (Å²) in [6.07, 6.45) is 3.91. The molecule has 2 heteroatoms. The van der Waals surface area contributed by atoms with Crippen molar-refractivity contribution in [3.05, 3.63) is 35.4 Å². The van der Waals surface area contributed by atoms with E-state index in [0.29, 0.717) is 12.1 Å². The van der Waals surface area contributed by atoms with Crippen LogP contribution in [0, 0.1) is 0 Å². The van der Waals surface area contributed by atoms with Crippen molar-refractivity contribution in [2.45, 2.75) is 57.7 Å². The first-order valence-electron chi connectivity index (χ1n) is 7.65. The monoisotopic (exact) mass is 258 g/mol. The molecule has 19 heavy (non-hydrogen) atoms. The van der Waals surface area contributed by atoms with Gasteiger partial charge in [-0.15, -0.1) is 0 Å². The average molecular weight is 258 g/mol. The predicted octanol–water partition coefficient (Wildman–Crippen LogP) is 3.14. The fourth-order valence-electron chi connectivity index (χ4n) is 3.70. The molecule has 1 aliphatic carbocycles. The Morgan fingerprint density at radius 3 is 2.89 bits per heavy atom. The molecule has 1 saturated heterocycles. The average Bonchev–Trinajstić information content (AvgIpc) is 2.41. The minimum atomic E-state index is 0.235. The maximum Gasteiger partial charge on any atom is 0.0355 e. The van der Waals surface area contributed by atoms with Gasteiger partial charge in [0.25, 0.3) is 0 Å². The normalized spacial score (nSPS) is 30.9. The first kappa shape index (κ1) is 13.1. The van der Waals surface area contributed by atoms with Gasteiger partial charge < -0.3 is 5.32 Å². The van der Waals surface area contributed by atoms with Gasteiger partial charge in [0.1, 0.15) is 0 Å². The van der Waals surface area contributed by atoms with Crippen molar-refractivity contribution in [3.8, 4) is 0 Å². The highest BCUT2D eigenvalue weighted by atomic mass is 15.3. The smallest absolute Gasteiger partial charge is 0.0355 e. The fourth-order valence-corrected chi connectivity index (χ4v) is 3.70. The number of hydrogen-bond donors (Lipinski definition) is 1. The van der Waals surface area contributed by atoms with E-state index in [1.165, 1.54) is 19.3 Å². The van der Waals surface area contributed by atoms with Crippen molar-refractivity contribution < 1.29 is 0 Å². The van der Waals surface area contributed by atoms with E-state index in [1.807, 2.05) is 0 Å². The molecule has 1 N–H and O–H groups in total. The van der Waals surface area contributed by atoms with Crippen LogP contribution in [0.3, 0.4) is 0 Å². The minimum absolute atomic E-state index is 0.235. The number of rotatable bonds is 1. The molecule has 2 atom stereocenters. The van der Waals surface area contributed by atoms with E-state index in [-0.39, 0.29) is 5.54 Å². The summed E-state index contributed by atoms with van der Waals surface area (Å²) in [5.74, 6) is 0. The Morgan fingerprint density at radius 1 is 1.26 bits per heavy atom. The summed E-state index contributed by atoms with van der Waals surface area (Å²) >= 11 is 0. The standard InChI is InChI=1S/C17H26N2/c1-13-11-18-17(2,3)12-19(13)16-10-6-8-14-7-4-5-9-15(14)16/h4-5,7,9,13,16,18H,6,8,10-12H2,1-3H3. The predicted molar refractivity (Wildman–Crippen MR) is 80.4 cm³/mol. The molecule has 1 fully saturated rings. The zero-order valence-electron chi connectivity index (χ0n) is 12.4. The largest absolute Gasteiger partial charge is 0.309 e. The minimum Gasteiger partial charge on any atom is -0.309 e. The van der Waals surface area contributed by atoms with Crippen LogP contribution < -0.4 is 5.32 Å². The molecule has 3 rings (SSSR count). The van der Waals surface area contributed by atoms with Crippen molar-refractivity contribution >= 4 is 0 Å². The first-order chi connectivity index (χ1) is 9.07. The number of aryl methyl sites for hydroxylation is 1. The molecule has 1 heterocycles. The highest BCUT2D eigenvalue weighted by Gasteiger charge is 2.36. The lowest BCUT2D eigenvalue weighted by Gasteiger charge is -2.48. The van der Waals surface area contributed by atoms with Gasteiger partial charge in [-0.05, 0) is 51.2 Å². The quantitative estimate of drug-likeness (QED) is 0.832. The molecule has 0 aromatic heterocycles. The van der Waals surface area contributed by atoms with Crippen LogP contribution in [0.1, 0.15) is 50.8 Å². The Hall–Kier alpha value is -0.860. The number of benzene rings is 1. The Kier molecular flexibility index (Phi) is 3.40. The van der Waals surface area contributed by atoms with E-state index in [9.17, 15) is 0 Å². The number of hydrogen-bond acceptors (Lipinski definition) is 2. The number of nitrogens with one attached hydrogen (secondary N) is 1. The van der Waals surface area contributed by atoms with Crippen molar-refractivity contribution in [2.24, 2.45) is 0 Å². The molecule has 0 saturated carbocycles. The zero-order chi connectivity index (χ0) is 13.5. The van der Waals surface area contributed by atoms with Crippen LogP contribution in [-0.4, -0.2) is 29.6 Å². The molecule has 0 spiro atoms. The van der Waals surface area contributed by atoms with Crippen molar-refractivity contribution in [1.82, 2.24) is 10.2 Å². The summed E-state index contributed by atoms with van der Waals surface area (Å²) in [6, 6.07) is 10.3. The third-order valence-corrected chi connectivity index (χ3v) is 4.76. The summed E-state index contributed by atoms with van der Waals surface area (Å²) in [5.41, 5.74) is 3.39. The van der Waals surface area contributed by atoms with E-state index in [1.54, 1.807) is 11.1 Å². The van der Waals surface area contributed by atoms with Gasteiger partial charge in [0, 0.05) is 30.7 Å². The van der Waals surface area contributed by atoms with E-state index in [4.69, 9.17) is 0 Å². The Bertz CT molecular complexity index is 452.